The molecule has 1 unspecified atom stereocenters. The molecule has 1 heterocycles. The van der Waals surface area contributed by atoms with Crippen LogP contribution in [0.3, 0.4) is 0 Å². The molecule has 0 saturated carbocycles. The average molecular weight is 470 g/mol. The van der Waals surface area contributed by atoms with Gasteiger partial charge in [0.05, 0.1) is 18.2 Å². The fourth-order valence-corrected chi connectivity index (χ4v) is 4.43. The van der Waals surface area contributed by atoms with Crippen LogP contribution in [0.5, 0.6) is 0 Å². The standard InChI is InChI=1S/C22H20BrN3O4/c1-26-19(11-20(23)25-26)18(10-21(27)28)24-22(29)30-12-17-15-8-4-2-6-13(15)14-7-3-5-9-16(14)17/h2-9,11,17-18H,10,12H2,1H3,(H,24,29)(H,27,28). The Labute approximate surface area is 181 Å². The molecule has 30 heavy (non-hydrogen) atoms. The first-order chi connectivity index (χ1) is 14.4. The van der Waals surface area contributed by atoms with Gasteiger partial charge in [0.15, 0.2) is 0 Å². The molecule has 3 aromatic rings. The zero-order valence-corrected chi connectivity index (χ0v) is 17.8. The first kappa shape index (κ1) is 20.2. The van der Waals surface area contributed by atoms with Crippen molar-refractivity contribution < 1.29 is 19.4 Å². The van der Waals surface area contributed by atoms with Gasteiger partial charge in [0, 0.05) is 13.0 Å². The second kappa shape index (κ2) is 8.31. The van der Waals surface area contributed by atoms with E-state index in [1.807, 2.05) is 36.4 Å². The predicted molar refractivity (Wildman–Crippen MR) is 114 cm³/mol. The number of hydrogen-bond donors (Lipinski definition) is 2. The number of carboxylic acid groups (broad SMARTS) is 1. The molecule has 0 radical (unpaired) electrons. The number of benzene rings is 2. The van der Waals surface area contributed by atoms with Crippen molar-refractivity contribution in [3.05, 3.63) is 76.0 Å². The molecule has 0 bridgehead atoms. The normalized spacial score (nSPS) is 13.4. The van der Waals surface area contributed by atoms with Crippen LogP contribution in [0.1, 0.15) is 35.2 Å². The van der Waals surface area contributed by atoms with Gasteiger partial charge >= 0.3 is 12.1 Å². The van der Waals surface area contributed by atoms with Gasteiger partial charge in [-0.05, 0) is 44.3 Å². The molecule has 0 aliphatic heterocycles. The molecule has 2 N–H and O–H groups in total. The monoisotopic (exact) mass is 469 g/mol. The number of amides is 1. The second-order valence-corrected chi connectivity index (χ2v) is 7.95. The Bertz CT molecular complexity index is 1070. The smallest absolute Gasteiger partial charge is 0.407 e. The highest BCUT2D eigenvalue weighted by Gasteiger charge is 2.29. The minimum atomic E-state index is -1.03. The molecule has 1 aliphatic carbocycles. The minimum absolute atomic E-state index is 0.0630. The minimum Gasteiger partial charge on any atom is -0.481 e. The van der Waals surface area contributed by atoms with E-state index < -0.39 is 18.1 Å². The highest BCUT2D eigenvalue weighted by atomic mass is 79.9. The summed E-state index contributed by atoms with van der Waals surface area (Å²) in [6, 6.07) is 17.1. The Morgan fingerprint density at radius 1 is 1.17 bits per heavy atom. The number of halogens is 1. The van der Waals surface area contributed by atoms with E-state index in [1.54, 1.807) is 13.1 Å². The third-order valence-electron chi connectivity index (χ3n) is 5.26. The van der Waals surface area contributed by atoms with Crippen molar-refractivity contribution in [2.45, 2.75) is 18.4 Å². The second-order valence-electron chi connectivity index (χ2n) is 7.14. The van der Waals surface area contributed by atoms with Gasteiger partial charge in [0.1, 0.15) is 11.2 Å². The molecule has 8 heteroatoms. The Morgan fingerprint density at radius 3 is 2.30 bits per heavy atom. The van der Waals surface area contributed by atoms with E-state index >= 15 is 0 Å². The highest BCUT2D eigenvalue weighted by molar-refractivity contribution is 9.10. The predicted octanol–water partition coefficient (Wildman–Crippen LogP) is 4.24. The van der Waals surface area contributed by atoms with Gasteiger partial charge in [-0.3, -0.25) is 9.48 Å². The number of fused-ring (bicyclic) bond motifs is 3. The Balaban J connectivity index is 1.49. The zero-order chi connectivity index (χ0) is 21.3. The lowest BCUT2D eigenvalue weighted by atomic mass is 9.98. The van der Waals surface area contributed by atoms with Crippen molar-refractivity contribution in [2.24, 2.45) is 7.05 Å². The van der Waals surface area contributed by atoms with Gasteiger partial charge in [0.2, 0.25) is 0 Å². The maximum Gasteiger partial charge on any atom is 0.407 e. The molecule has 0 fully saturated rings. The van der Waals surface area contributed by atoms with Gasteiger partial charge in [-0.2, -0.15) is 5.10 Å². The van der Waals surface area contributed by atoms with Crippen molar-refractivity contribution in [2.75, 3.05) is 6.61 Å². The molecular formula is C22H20BrN3O4. The first-order valence-corrected chi connectivity index (χ1v) is 10.3. The molecular weight excluding hydrogens is 450 g/mol. The number of rotatable bonds is 6. The number of hydrogen-bond acceptors (Lipinski definition) is 4. The molecule has 1 aromatic heterocycles. The topological polar surface area (TPSA) is 93.5 Å². The largest absolute Gasteiger partial charge is 0.481 e. The molecule has 1 amide bonds. The number of nitrogens with one attached hydrogen (secondary N) is 1. The van der Waals surface area contributed by atoms with Crippen LogP contribution in [0.2, 0.25) is 0 Å². The van der Waals surface area contributed by atoms with Crippen LogP contribution in [0.4, 0.5) is 4.79 Å². The Morgan fingerprint density at radius 2 is 1.77 bits per heavy atom. The third-order valence-corrected chi connectivity index (χ3v) is 5.65. The van der Waals surface area contributed by atoms with Crippen molar-refractivity contribution in [3.63, 3.8) is 0 Å². The van der Waals surface area contributed by atoms with E-state index in [4.69, 9.17) is 4.74 Å². The lowest BCUT2D eigenvalue weighted by molar-refractivity contribution is -0.137. The Kier molecular flexibility index (Phi) is 5.59. The number of aliphatic carboxylic acids is 1. The van der Waals surface area contributed by atoms with E-state index in [-0.39, 0.29) is 18.9 Å². The molecule has 7 nitrogen and oxygen atoms in total. The molecule has 0 spiro atoms. The number of aryl methyl sites for hydroxylation is 1. The number of carbonyl (C=O) groups is 2. The summed E-state index contributed by atoms with van der Waals surface area (Å²) >= 11 is 3.27. The SMILES string of the molecule is Cn1nc(Br)cc1C(CC(=O)O)NC(=O)OCC1c2ccccc2-c2ccccc21. The first-order valence-electron chi connectivity index (χ1n) is 9.46. The van der Waals surface area contributed by atoms with E-state index in [0.29, 0.717) is 10.3 Å². The van der Waals surface area contributed by atoms with Gasteiger partial charge in [-0.1, -0.05) is 48.5 Å². The van der Waals surface area contributed by atoms with Crippen molar-refractivity contribution in [1.29, 1.82) is 0 Å². The Hall–Kier alpha value is -3.13. The van der Waals surface area contributed by atoms with Crippen LogP contribution in [0.25, 0.3) is 11.1 Å². The van der Waals surface area contributed by atoms with Crippen molar-refractivity contribution in [1.82, 2.24) is 15.1 Å². The van der Waals surface area contributed by atoms with Crippen LogP contribution in [0, 0.1) is 0 Å². The van der Waals surface area contributed by atoms with Crippen LogP contribution in [0.15, 0.2) is 59.2 Å². The summed E-state index contributed by atoms with van der Waals surface area (Å²) in [5.41, 5.74) is 5.09. The van der Waals surface area contributed by atoms with Crippen LogP contribution < -0.4 is 5.32 Å². The van der Waals surface area contributed by atoms with E-state index in [9.17, 15) is 14.7 Å². The van der Waals surface area contributed by atoms with Crippen molar-refractivity contribution in [3.8, 4) is 11.1 Å². The fourth-order valence-electron chi connectivity index (χ4n) is 3.96. The van der Waals surface area contributed by atoms with E-state index in [1.165, 1.54) is 4.68 Å². The summed E-state index contributed by atoms with van der Waals surface area (Å²) < 4.78 is 7.62. The lowest BCUT2D eigenvalue weighted by Gasteiger charge is -2.19. The summed E-state index contributed by atoms with van der Waals surface area (Å²) in [7, 11) is 1.69. The average Bonchev–Trinajstić information content (AvgIpc) is 3.22. The quantitative estimate of drug-likeness (QED) is 0.562. The zero-order valence-electron chi connectivity index (χ0n) is 16.2. The maximum absolute atomic E-state index is 12.5. The molecule has 4 rings (SSSR count). The maximum atomic E-state index is 12.5. The molecule has 1 aliphatic rings. The van der Waals surface area contributed by atoms with Crippen LogP contribution in [-0.4, -0.2) is 33.6 Å². The lowest BCUT2D eigenvalue weighted by Crippen LogP contribution is -2.32. The summed E-state index contributed by atoms with van der Waals surface area (Å²) in [6.07, 6.45) is -0.948. The van der Waals surface area contributed by atoms with Gasteiger partial charge < -0.3 is 15.2 Å². The number of aromatic nitrogens is 2. The van der Waals surface area contributed by atoms with Gasteiger partial charge in [0.25, 0.3) is 0 Å². The molecule has 2 aromatic carbocycles. The van der Waals surface area contributed by atoms with Gasteiger partial charge in [-0.25, -0.2) is 4.79 Å². The van der Waals surface area contributed by atoms with E-state index in [2.05, 4.69) is 38.5 Å². The van der Waals surface area contributed by atoms with Gasteiger partial charge in [-0.15, -0.1) is 0 Å². The fraction of sp³-hybridized carbons (Fsp3) is 0.227. The number of alkyl carbamates (subject to hydrolysis) is 1. The molecule has 1 atom stereocenters. The summed E-state index contributed by atoms with van der Waals surface area (Å²) in [5, 5.41) is 16.1. The highest BCUT2D eigenvalue weighted by Crippen LogP contribution is 2.44. The number of carbonyl (C=O) groups excluding carboxylic acids is 1. The number of carboxylic acids is 1. The van der Waals surface area contributed by atoms with Crippen LogP contribution in [-0.2, 0) is 16.6 Å². The number of nitrogens with zero attached hydrogens (tertiary/aromatic N) is 2. The van der Waals surface area contributed by atoms with Crippen LogP contribution >= 0.6 is 15.9 Å². The number of ether oxygens (including phenoxy) is 1. The summed E-state index contributed by atoms with van der Waals surface area (Å²) in [6.45, 7) is 0.161. The summed E-state index contributed by atoms with van der Waals surface area (Å²) in [5.74, 6) is -1.09. The van der Waals surface area contributed by atoms with Crippen molar-refractivity contribution >= 4 is 28.0 Å². The van der Waals surface area contributed by atoms with E-state index in [0.717, 1.165) is 22.3 Å². The molecule has 0 saturated heterocycles. The molecule has 154 valence electrons. The third kappa shape index (κ3) is 3.95. The summed E-state index contributed by atoms with van der Waals surface area (Å²) in [4.78, 5) is 23.8.